The van der Waals surface area contributed by atoms with Crippen molar-refractivity contribution in [1.29, 1.82) is 0 Å². The average molecular weight is 343 g/mol. The molecule has 0 aromatic carbocycles. The quantitative estimate of drug-likeness (QED) is 0.791. The number of amides is 1. The summed E-state index contributed by atoms with van der Waals surface area (Å²) in [6.07, 6.45) is 1.68. The number of aldehydes is 1. The van der Waals surface area contributed by atoms with Crippen LogP contribution in [0.4, 0.5) is 4.79 Å². The van der Waals surface area contributed by atoms with E-state index in [2.05, 4.69) is 20.9 Å². The van der Waals surface area contributed by atoms with Gasteiger partial charge in [-0.2, -0.15) is 0 Å². The molecule has 6 heteroatoms. The predicted octanol–water partition coefficient (Wildman–Crippen LogP) is 3.13. The topological polar surface area (TPSA) is 59.5 Å². The second-order valence-electron chi connectivity index (χ2n) is 5.64. The molecule has 20 heavy (non-hydrogen) atoms. The van der Waals surface area contributed by atoms with Crippen molar-refractivity contribution in [3.8, 4) is 0 Å². The molecule has 0 spiro atoms. The molecule has 0 N–H and O–H groups in total. The molecule has 0 radical (unpaired) electrons. The largest absolute Gasteiger partial charge is 0.444 e. The molecular formula is C14H19BrN2O3. The van der Waals surface area contributed by atoms with Crippen LogP contribution in [-0.4, -0.2) is 34.9 Å². The van der Waals surface area contributed by atoms with Crippen molar-refractivity contribution >= 4 is 28.3 Å². The van der Waals surface area contributed by atoms with E-state index in [0.29, 0.717) is 16.5 Å². The minimum atomic E-state index is -1.21. The Morgan fingerprint density at radius 2 is 2.00 bits per heavy atom. The molecule has 0 bridgehead atoms. The summed E-state index contributed by atoms with van der Waals surface area (Å²) in [7, 11) is 1.52. The summed E-state index contributed by atoms with van der Waals surface area (Å²) in [5.74, 6) is 0. The summed E-state index contributed by atoms with van der Waals surface area (Å²) in [5, 5.41) is 0. The number of hydrogen-bond acceptors (Lipinski definition) is 4. The van der Waals surface area contributed by atoms with Gasteiger partial charge in [0.05, 0.1) is 5.69 Å². The lowest BCUT2D eigenvalue weighted by Gasteiger charge is -2.35. The molecule has 110 valence electrons. The summed E-state index contributed by atoms with van der Waals surface area (Å²) in [6.45, 7) is 6.94. The van der Waals surface area contributed by atoms with Gasteiger partial charge in [0.15, 0.2) is 6.29 Å². The van der Waals surface area contributed by atoms with Gasteiger partial charge in [-0.3, -0.25) is 9.88 Å². The molecule has 1 amide bonds. The summed E-state index contributed by atoms with van der Waals surface area (Å²) >= 11 is 3.35. The third-order valence-corrected chi connectivity index (χ3v) is 3.47. The van der Waals surface area contributed by atoms with Crippen molar-refractivity contribution in [2.75, 3.05) is 7.05 Å². The lowest BCUT2D eigenvalue weighted by molar-refractivity contribution is -0.117. The molecule has 0 aliphatic rings. The first-order chi connectivity index (χ1) is 9.12. The zero-order chi connectivity index (χ0) is 15.6. The maximum atomic E-state index is 12.2. The highest BCUT2D eigenvalue weighted by atomic mass is 79.9. The Kier molecular flexibility index (Phi) is 4.91. The molecule has 0 fully saturated rings. The second-order valence-corrected chi connectivity index (χ2v) is 6.49. The second kappa shape index (κ2) is 5.91. The number of nitrogens with zero attached hydrogens (tertiary/aromatic N) is 2. The van der Waals surface area contributed by atoms with Gasteiger partial charge in [-0.1, -0.05) is 0 Å². The number of aromatic nitrogens is 1. The van der Waals surface area contributed by atoms with Crippen LogP contribution in [0.3, 0.4) is 0 Å². The van der Waals surface area contributed by atoms with Gasteiger partial charge >= 0.3 is 6.09 Å². The standard InChI is InChI=1S/C14H19BrN2O3/c1-13(2,3)20-12(19)17(5)14(4,9-18)11-10(15)7-6-8-16-11/h6-9H,1-5H3. The first-order valence-electron chi connectivity index (χ1n) is 6.16. The van der Waals surface area contributed by atoms with Crippen LogP contribution in [0.5, 0.6) is 0 Å². The zero-order valence-electron chi connectivity index (χ0n) is 12.3. The van der Waals surface area contributed by atoms with Gasteiger partial charge in [0.25, 0.3) is 0 Å². The number of likely N-dealkylation sites (N-methyl/N-ethyl adjacent to an activating group) is 1. The van der Waals surface area contributed by atoms with Crippen LogP contribution in [0.15, 0.2) is 22.8 Å². The van der Waals surface area contributed by atoms with Crippen LogP contribution in [0, 0.1) is 0 Å². The Bertz CT molecular complexity index is 513. The third-order valence-electron chi connectivity index (χ3n) is 2.83. The first-order valence-corrected chi connectivity index (χ1v) is 6.95. The Morgan fingerprint density at radius 1 is 1.40 bits per heavy atom. The fourth-order valence-electron chi connectivity index (χ4n) is 1.57. The molecule has 1 heterocycles. The Hall–Kier alpha value is -1.43. The third kappa shape index (κ3) is 3.56. The number of ether oxygens (including phenoxy) is 1. The maximum Gasteiger partial charge on any atom is 0.411 e. The van der Waals surface area contributed by atoms with Gasteiger partial charge in [-0.05, 0) is 55.8 Å². The fourth-order valence-corrected chi connectivity index (χ4v) is 2.23. The Labute approximate surface area is 127 Å². The maximum absolute atomic E-state index is 12.2. The molecular weight excluding hydrogens is 324 g/mol. The Balaban J connectivity index is 3.14. The first kappa shape index (κ1) is 16.6. The summed E-state index contributed by atoms with van der Waals surface area (Å²) in [6, 6.07) is 3.51. The molecule has 1 aromatic rings. The van der Waals surface area contributed by atoms with Gasteiger partial charge in [0.1, 0.15) is 11.1 Å². The highest BCUT2D eigenvalue weighted by Crippen LogP contribution is 2.30. The fraction of sp³-hybridized carbons (Fsp3) is 0.500. The van der Waals surface area contributed by atoms with E-state index in [1.54, 1.807) is 46.0 Å². The van der Waals surface area contributed by atoms with Crippen molar-refractivity contribution in [1.82, 2.24) is 9.88 Å². The number of rotatable bonds is 3. The van der Waals surface area contributed by atoms with Gasteiger partial charge in [-0.25, -0.2) is 4.79 Å². The smallest absolute Gasteiger partial charge is 0.411 e. The van der Waals surface area contributed by atoms with Crippen LogP contribution >= 0.6 is 15.9 Å². The number of halogens is 1. The van der Waals surface area contributed by atoms with E-state index in [1.165, 1.54) is 11.9 Å². The van der Waals surface area contributed by atoms with Crippen molar-refractivity contribution in [3.05, 3.63) is 28.5 Å². The van der Waals surface area contributed by atoms with Gasteiger partial charge in [0, 0.05) is 17.7 Å². The molecule has 1 unspecified atom stereocenters. The van der Waals surface area contributed by atoms with Crippen LogP contribution in [0.1, 0.15) is 33.4 Å². The summed E-state index contributed by atoms with van der Waals surface area (Å²) in [4.78, 5) is 29.2. The molecule has 0 aliphatic heterocycles. The number of hydrogen-bond donors (Lipinski definition) is 0. The number of pyridine rings is 1. The van der Waals surface area contributed by atoms with E-state index in [4.69, 9.17) is 4.74 Å². The van der Waals surface area contributed by atoms with Crippen LogP contribution < -0.4 is 0 Å². The SMILES string of the molecule is CN(C(=O)OC(C)(C)C)C(C)(C=O)c1ncccc1Br. The molecule has 1 rings (SSSR count). The lowest BCUT2D eigenvalue weighted by Crippen LogP contribution is -2.48. The Morgan fingerprint density at radius 3 is 2.45 bits per heavy atom. The molecule has 0 aliphatic carbocycles. The van der Waals surface area contributed by atoms with Gasteiger partial charge < -0.3 is 9.53 Å². The van der Waals surface area contributed by atoms with E-state index in [1.807, 2.05) is 0 Å². The van der Waals surface area contributed by atoms with Crippen molar-refractivity contribution in [2.45, 2.75) is 38.8 Å². The minimum absolute atomic E-state index is 0.461. The van der Waals surface area contributed by atoms with Gasteiger partial charge in [-0.15, -0.1) is 0 Å². The van der Waals surface area contributed by atoms with Crippen LogP contribution in [0.25, 0.3) is 0 Å². The van der Waals surface area contributed by atoms with Crippen molar-refractivity contribution in [3.63, 3.8) is 0 Å². The summed E-state index contributed by atoms with van der Waals surface area (Å²) in [5.41, 5.74) is -1.37. The minimum Gasteiger partial charge on any atom is -0.444 e. The van der Waals surface area contributed by atoms with E-state index in [0.717, 1.165) is 0 Å². The predicted molar refractivity (Wildman–Crippen MR) is 79.4 cm³/mol. The lowest BCUT2D eigenvalue weighted by atomic mass is 9.97. The summed E-state index contributed by atoms with van der Waals surface area (Å²) < 4.78 is 5.95. The van der Waals surface area contributed by atoms with Crippen LogP contribution in [-0.2, 0) is 15.1 Å². The average Bonchev–Trinajstić information content (AvgIpc) is 2.35. The molecule has 0 saturated heterocycles. The molecule has 0 saturated carbocycles. The highest BCUT2D eigenvalue weighted by Gasteiger charge is 2.39. The van der Waals surface area contributed by atoms with Crippen molar-refractivity contribution in [2.24, 2.45) is 0 Å². The zero-order valence-corrected chi connectivity index (χ0v) is 13.9. The van der Waals surface area contributed by atoms with Crippen molar-refractivity contribution < 1.29 is 14.3 Å². The van der Waals surface area contributed by atoms with Crippen LogP contribution in [0.2, 0.25) is 0 Å². The van der Waals surface area contributed by atoms with E-state index < -0.39 is 17.2 Å². The number of carbonyl (C=O) groups excluding carboxylic acids is 2. The van der Waals surface area contributed by atoms with E-state index in [9.17, 15) is 9.59 Å². The van der Waals surface area contributed by atoms with Gasteiger partial charge in [0.2, 0.25) is 0 Å². The highest BCUT2D eigenvalue weighted by molar-refractivity contribution is 9.10. The molecule has 1 aromatic heterocycles. The molecule has 5 nitrogen and oxygen atoms in total. The molecule has 1 atom stereocenters. The van der Waals surface area contributed by atoms with E-state index >= 15 is 0 Å². The monoisotopic (exact) mass is 342 g/mol. The number of carbonyl (C=O) groups is 2. The normalized spacial score (nSPS) is 14.3. The van der Waals surface area contributed by atoms with E-state index in [-0.39, 0.29) is 0 Å².